The van der Waals surface area contributed by atoms with Crippen LogP contribution in [0.3, 0.4) is 0 Å². The third-order valence-electron chi connectivity index (χ3n) is 7.26. The Morgan fingerprint density at radius 1 is 0.679 bits per heavy atom. The number of rotatable bonds is 5. The molecule has 1 nitrogen and oxygen atoms in total. The fraction of sp³-hybridized carbons (Fsp3) is 0.333. The van der Waals surface area contributed by atoms with Crippen LogP contribution in [0.25, 0.3) is 0 Å². The van der Waals surface area contributed by atoms with E-state index in [2.05, 4.69) is 91.0 Å². The van der Waals surface area contributed by atoms with Gasteiger partial charge in [0, 0.05) is 30.2 Å². The smallest absolute Gasteiger partial charge is 0.104 e. The van der Waals surface area contributed by atoms with E-state index in [0.717, 1.165) is 11.8 Å². The number of hydrogen-bond donors (Lipinski definition) is 0. The van der Waals surface area contributed by atoms with Crippen LogP contribution in [0.1, 0.15) is 35.4 Å². The first-order chi connectivity index (χ1) is 13.8. The SMILES string of the molecule is c1ccc(C[N+]23CCC(CC2)C(C(c2ccccc2)c2ccccc2)C3)cc1. The van der Waals surface area contributed by atoms with Crippen LogP contribution in [0.15, 0.2) is 91.0 Å². The van der Waals surface area contributed by atoms with Gasteiger partial charge in [0.05, 0.1) is 19.6 Å². The molecule has 3 aliphatic rings. The summed E-state index contributed by atoms with van der Waals surface area (Å²) in [5.74, 6) is 2.11. The summed E-state index contributed by atoms with van der Waals surface area (Å²) in [6, 6.07) is 33.7. The molecule has 3 saturated heterocycles. The maximum atomic E-state index is 2.34. The van der Waals surface area contributed by atoms with Crippen LogP contribution < -0.4 is 0 Å². The summed E-state index contributed by atoms with van der Waals surface area (Å²) in [5, 5.41) is 0. The summed E-state index contributed by atoms with van der Waals surface area (Å²) in [4.78, 5) is 0. The molecule has 0 aromatic heterocycles. The molecular formula is C27H30N+. The topological polar surface area (TPSA) is 0 Å². The zero-order valence-electron chi connectivity index (χ0n) is 16.6. The first-order valence-electron chi connectivity index (χ1n) is 10.8. The third kappa shape index (κ3) is 3.40. The molecule has 0 radical (unpaired) electrons. The minimum absolute atomic E-state index is 0.515. The summed E-state index contributed by atoms with van der Waals surface area (Å²) < 4.78 is 1.28. The lowest BCUT2D eigenvalue weighted by molar-refractivity contribution is -0.959. The van der Waals surface area contributed by atoms with E-state index >= 15 is 0 Å². The largest absolute Gasteiger partial charge is 0.320 e. The highest BCUT2D eigenvalue weighted by Gasteiger charge is 2.48. The third-order valence-corrected chi connectivity index (χ3v) is 7.26. The van der Waals surface area contributed by atoms with Gasteiger partial charge in [0.15, 0.2) is 0 Å². The van der Waals surface area contributed by atoms with Gasteiger partial charge in [-0.25, -0.2) is 0 Å². The van der Waals surface area contributed by atoms with Crippen molar-refractivity contribution in [1.82, 2.24) is 0 Å². The van der Waals surface area contributed by atoms with Crippen LogP contribution in [0.5, 0.6) is 0 Å². The maximum absolute atomic E-state index is 2.34. The average molecular weight is 369 g/mol. The molecule has 28 heavy (non-hydrogen) atoms. The molecular weight excluding hydrogens is 338 g/mol. The Morgan fingerprint density at radius 3 is 1.71 bits per heavy atom. The molecule has 3 fully saturated rings. The lowest BCUT2D eigenvalue weighted by Gasteiger charge is -2.54. The Morgan fingerprint density at radius 2 is 1.18 bits per heavy atom. The lowest BCUT2D eigenvalue weighted by Crippen LogP contribution is -2.62. The van der Waals surface area contributed by atoms with Gasteiger partial charge in [-0.2, -0.15) is 0 Å². The monoisotopic (exact) mass is 368 g/mol. The van der Waals surface area contributed by atoms with Gasteiger partial charge in [0.25, 0.3) is 0 Å². The van der Waals surface area contributed by atoms with E-state index in [4.69, 9.17) is 0 Å². The van der Waals surface area contributed by atoms with Crippen LogP contribution in [0.2, 0.25) is 0 Å². The molecule has 6 rings (SSSR count). The molecule has 0 amide bonds. The lowest BCUT2D eigenvalue weighted by atomic mass is 9.67. The highest BCUT2D eigenvalue weighted by molar-refractivity contribution is 5.34. The average Bonchev–Trinajstić information content (AvgIpc) is 2.77. The molecule has 0 saturated carbocycles. The maximum Gasteiger partial charge on any atom is 0.104 e. The van der Waals surface area contributed by atoms with Crippen molar-refractivity contribution in [3.05, 3.63) is 108 Å². The van der Waals surface area contributed by atoms with Gasteiger partial charge in [-0.3, -0.25) is 0 Å². The molecule has 3 aliphatic heterocycles. The molecule has 2 bridgehead atoms. The van der Waals surface area contributed by atoms with Crippen molar-refractivity contribution in [1.29, 1.82) is 0 Å². The molecule has 3 heterocycles. The summed E-state index contributed by atoms with van der Waals surface area (Å²) in [6.07, 6.45) is 2.77. The number of benzene rings is 3. The number of hydrogen-bond acceptors (Lipinski definition) is 0. The van der Waals surface area contributed by atoms with Gasteiger partial charge >= 0.3 is 0 Å². The van der Waals surface area contributed by atoms with E-state index in [-0.39, 0.29) is 0 Å². The fourth-order valence-electron chi connectivity index (χ4n) is 5.92. The fourth-order valence-corrected chi connectivity index (χ4v) is 5.92. The summed E-state index contributed by atoms with van der Waals surface area (Å²) in [6.45, 7) is 5.22. The van der Waals surface area contributed by atoms with E-state index in [1.165, 1.54) is 60.2 Å². The van der Waals surface area contributed by atoms with Crippen LogP contribution in [0, 0.1) is 11.8 Å². The normalized spacial score (nSPS) is 26.5. The van der Waals surface area contributed by atoms with Crippen molar-refractivity contribution >= 4 is 0 Å². The van der Waals surface area contributed by atoms with Gasteiger partial charge in [-0.05, 0) is 17.0 Å². The van der Waals surface area contributed by atoms with E-state index in [0.29, 0.717) is 5.92 Å². The minimum Gasteiger partial charge on any atom is -0.320 e. The zero-order valence-corrected chi connectivity index (χ0v) is 16.6. The Hall–Kier alpha value is -2.38. The van der Waals surface area contributed by atoms with E-state index in [9.17, 15) is 0 Å². The highest BCUT2D eigenvalue weighted by atomic mass is 15.4. The number of fused-ring (bicyclic) bond motifs is 3. The van der Waals surface area contributed by atoms with Gasteiger partial charge < -0.3 is 4.48 Å². The van der Waals surface area contributed by atoms with E-state index in [1.54, 1.807) is 0 Å². The molecule has 3 aromatic rings. The molecule has 1 unspecified atom stereocenters. The Bertz CT molecular complexity index is 840. The molecule has 1 atom stereocenters. The number of quaternary nitrogens is 1. The molecule has 142 valence electrons. The van der Waals surface area contributed by atoms with Gasteiger partial charge in [0.2, 0.25) is 0 Å². The van der Waals surface area contributed by atoms with Crippen molar-refractivity contribution in [2.24, 2.45) is 11.8 Å². The van der Waals surface area contributed by atoms with E-state index in [1.807, 2.05) is 0 Å². The van der Waals surface area contributed by atoms with Crippen LogP contribution in [-0.2, 0) is 6.54 Å². The van der Waals surface area contributed by atoms with Crippen molar-refractivity contribution in [2.45, 2.75) is 25.3 Å². The molecule has 3 aromatic carbocycles. The van der Waals surface area contributed by atoms with E-state index < -0.39 is 0 Å². The second-order valence-electron chi connectivity index (χ2n) is 8.92. The number of nitrogens with zero attached hydrogens (tertiary/aromatic N) is 1. The van der Waals surface area contributed by atoms with Crippen molar-refractivity contribution < 1.29 is 4.48 Å². The Labute approximate surface area is 169 Å². The predicted octanol–water partition coefficient (Wildman–Crippen LogP) is 5.88. The van der Waals surface area contributed by atoms with Crippen molar-refractivity contribution in [3.63, 3.8) is 0 Å². The first kappa shape index (κ1) is 17.7. The molecule has 1 heteroatoms. The quantitative estimate of drug-likeness (QED) is 0.494. The van der Waals surface area contributed by atoms with Gasteiger partial charge in [-0.15, -0.1) is 0 Å². The summed E-state index contributed by atoms with van der Waals surface area (Å²) in [7, 11) is 0. The van der Waals surface area contributed by atoms with Gasteiger partial charge in [-0.1, -0.05) is 91.0 Å². The predicted molar refractivity (Wildman–Crippen MR) is 116 cm³/mol. The van der Waals surface area contributed by atoms with Crippen LogP contribution in [0.4, 0.5) is 0 Å². The van der Waals surface area contributed by atoms with Crippen molar-refractivity contribution in [2.75, 3.05) is 19.6 Å². The Kier molecular flexibility index (Phi) is 4.78. The Balaban J connectivity index is 1.49. The zero-order chi connectivity index (χ0) is 18.8. The highest BCUT2D eigenvalue weighted by Crippen LogP contribution is 2.47. The van der Waals surface area contributed by atoms with Crippen LogP contribution >= 0.6 is 0 Å². The molecule has 0 spiro atoms. The first-order valence-corrected chi connectivity index (χ1v) is 10.8. The standard InChI is InChI=1S/C27H30N/c1-4-10-22(11-5-1)20-28-18-16-23(17-19-28)26(21-28)27(24-12-6-2-7-13-24)25-14-8-3-9-15-25/h1-15,23,26-27H,16-21H2/q+1. The molecule has 0 N–H and O–H groups in total. The second kappa shape index (κ2) is 7.56. The van der Waals surface area contributed by atoms with Crippen LogP contribution in [-0.4, -0.2) is 24.1 Å². The van der Waals surface area contributed by atoms with Crippen molar-refractivity contribution in [3.8, 4) is 0 Å². The summed E-state index contributed by atoms with van der Waals surface area (Å²) in [5.41, 5.74) is 4.48. The summed E-state index contributed by atoms with van der Waals surface area (Å²) >= 11 is 0. The second-order valence-corrected chi connectivity index (χ2v) is 8.92. The molecule has 0 aliphatic carbocycles. The van der Waals surface area contributed by atoms with Gasteiger partial charge in [0.1, 0.15) is 6.54 Å². The number of piperidine rings is 3. The minimum atomic E-state index is 0.515.